The van der Waals surface area contributed by atoms with Crippen molar-refractivity contribution in [3.63, 3.8) is 0 Å². The molecule has 1 rings (SSSR count). The van der Waals surface area contributed by atoms with E-state index >= 15 is 0 Å². The summed E-state index contributed by atoms with van der Waals surface area (Å²) in [5.74, 6) is -0.308. The van der Waals surface area contributed by atoms with Crippen molar-refractivity contribution in [2.75, 3.05) is 0 Å². The zero-order chi connectivity index (χ0) is 10.8. The molecular weight excluding hydrogens is 189 g/mol. The highest BCUT2D eigenvalue weighted by molar-refractivity contribution is 5.30. The van der Waals surface area contributed by atoms with Crippen molar-refractivity contribution >= 4 is 0 Å². The number of allylic oxidation sites excluding steroid dienone is 1. The monoisotopic (exact) mass is 199 g/mol. The molecule has 75 valence electrons. The molecule has 0 saturated heterocycles. The Balaban J connectivity index is 3.07. The van der Waals surface area contributed by atoms with Crippen LogP contribution in [0.3, 0.4) is 0 Å². The molecule has 0 heterocycles. The highest BCUT2D eigenvalue weighted by atomic mass is 19.4. The minimum absolute atomic E-state index is 0.308. The predicted octanol–water partition coefficient (Wildman–Crippen LogP) is 3.81. The van der Waals surface area contributed by atoms with Gasteiger partial charge in [0, 0.05) is 5.92 Å². The third kappa shape index (κ3) is 2.37. The summed E-state index contributed by atoms with van der Waals surface area (Å²) in [6.07, 6.45) is -2.79. The van der Waals surface area contributed by atoms with Gasteiger partial charge in [0.2, 0.25) is 0 Å². The lowest BCUT2D eigenvalue weighted by Crippen LogP contribution is -2.05. The van der Waals surface area contributed by atoms with Gasteiger partial charge in [-0.2, -0.15) is 13.2 Å². The molecule has 0 spiro atoms. The quantitative estimate of drug-likeness (QED) is 0.635. The topological polar surface area (TPSA) is 0 Å². The Morgan fingerprint density at radius 1 is 1.29 bits per heavy atom. The molecule has 0 aromatic heterocycles. The SMILES string of the molecule is [CH2]C(C=C)c1cccc(C(F)(F)F)c1. The molecule has 0 aliphatic heterocycles. The summed E-state index contributed by atoms with van der Waals surface area (Å²) >= 11 is 0. The molecule has 0 N–H and O–H groups in total. The molecule has 1 aromatic carbocycles. The van der Waals surface area contributed by atoms with Gasteiger partial charge in [-0.3, -0.25) is 0 Å². The van der Waals surface area contributed by atoms with E-state index in [9.17, 15) is 13.2 Å². The zero-order valence-corrected chi connectivity index (χ0v) is 7.51. The first-order valence-electron chi connectivity index (χ1n) is 4.08. The Kier molecular flexibility index (Phi) is 2.99. The molecule has 1 atom stereocenters. The second-order valence-corrected chi connectivity index (χ2v) is 2.97. The number of halogens is 3. The van der Waals surface area contributed by atoms with Crippen LogP contribution in [0.4, 0.5) is 13.2 Å². The highest BCUT2D eigenvalue weighted by Crippen LogP contribution is 2.31. The molecule has 0 fully saturated rings. The van der Waals surface area contributed by atoms with Crippen molar-refractivity contribution in [3.05, 3.63) is 55.0 Å². The number of hydrogen-bond acceptors (Lipinski definition) is 0. The first-order valence-corrected chi connectivity index (χ1v) is 4.08. The van der Waals surface area contributed by atoms with Gasteiger partial charge in [0.15, 0.2) is 0 Å². The van der Waals surface area contributed by atoms with Crippen LogP contribution in [0.25, 0.3) is 0 Å². The van der Waals surface area contributed by atoms with E-state index in [1.807, 2.05) is 0 Å². The lowest BCUT2D eigenvalue weighted by molar-refractivity contribution is -0.137. The lowest BCUT2D eigenvalue weighted by Gasteiger charge is -2.10. The fourth-order valence-electron chi connectivity index (χ4n) is 1.08. The van der Waals surface area contributed by atoms with Crippen molar-refractivity contribution in [2.45, 2.75) is 12.1 Å². The first kappa shape index (κ1) is 10.8. The maximum atomic E-state index is 12.3. The second kappa shape index (κ2) is 3.86. The molecule has 0 nitrogen and oxygen atoms in total. The summed E-state index contributed by atoms with van der Waals surface area (Å²) in [5, 5.41) is 0. The predicted molar refractivity (Wildman–Crippen MR) is 49.7 cm³/mol. The highest BCUT2D eigenvalue weighted by Gasteiger charge is 2.30. The third-order valence-electron chi connectivity index (χ3n) is 1.93. The fourth-order valence-corrected chi connectivity index (χ4v) is 1.08. The Morgan fingerprint density at radius 3 is 2.43 bits per heavy atom. The van der Waals surface area contributed by atoms with E-state index < -0.39 is 11.7 Å². The summed E-state index contributed by atoms with van der Waals surface area (Å²) in [6.45, 7) is 7.15. The largest absolute Gasteiger partial charge is 0.416 e. The Bertz CT molecular complexity index is 326. The number of rotatable bonds is 2. The van der Waals surface area contributed by atoms with Crippen LogP contribution < -0.4 is 0 Å². The molecule has 0 aliphatic rings. The van der Waals surface area contributed by atoms with Gasteiger partial charge < -0.3 is 0 Å². The molecule has 14 heavy (non-hydrogen) atoms. The van der Waals surface area contributed by atoms with Crippen LogP contribution in [-0.2, 0) is 6.18 Å². The van der Waals surface area contributed by atoms with Crippen LogP contribution in [0.15, 0.2) is 36.9 Å². The van der Waals surface area contributed by atoms with Crippen molar-refractivity contribution in [1.29, 1.82) is 0 Å². The Labute approximate surface area is 81.1 Å². The Hall–Kier alpha value is -1.25. The molecule has 1 aromatic rings. The second-order valence-electron chi connectivity index (χ2n) is 2.97. The van der Waals surface area contributed by atoms with Crippen LogP contribution in [0, 0.1) is 6.92 Å². The van der Waals surface area contributed by atoms with Crippen LogP contribution in [0.2, 0.25) is 0 Å². The van der Waals surface area contributed by atoms with E-state index in [0.29, 0.717) is 5.56 Å². The summed E-state index contributed by atoms with van der Waals surface area (Å²) in [7, 11) is 0. The smallest absolute Gasteiger partial charge is 0.166 e. The van der Waals surface area contributed by atoms with Crippen LogP contribution in [0.5, 0.6) is 0 Å². The number of benzene rings is 1. The summed E-state index contributed by atoms with van der Waals surface area (Å²) in [5.41, 5.74) is -0.125. The van der Waals surface area contributed by atoms with E-state index in [4.69, 9.17) is 0 Å². The van der Waals surface area contributed by atoms with Gasteiger partial charge >= 0.3 is 6.18 Å². The zero-order valence-electron chi connectivity index (χ0n) is 7.51. The summed E-state index contributed by atoms with van der Waals surface area (Å²) < 4.78 is 36.9. The van der Waals surface area contributed by atoms with Gasteiger partial charge in [-0.15, -0.1) is 6.58 Å². The molecule has 0 amide bonds. The molecule has 0 aliphatic carbocycles. The first-order chi connectivity index (χ1) is 6.45. The van der Waals surface area contributed by atoms with E-state index in [1.165, 1.54) is 12.1 Å². The lowest BCUT2D eigenvalue weighted by atomic mass is 9.99. The van der Waals surface area contributed by atoms with Gasteiger partial charge in [-0.1, -0.05) is 24.3 Å². The van der Waals surface area contributed by atoms with E-state index in [0.717, 1.165) is 12.1 Å². The summed E-state index contributed by atoms with van der Waals surface area (Å²) in [4.78, 5) is 0. The van der Waals surface area contributed by atoms with Crippen molar-refractivity contribution in [3.8, 4) is 0 Å². The molecule has 0 saturated carbocycles. The average molecular weight is 199 g/mol. The van der Waals surface area contributed by atoms with Crippen molar-refractivity contribution < 1.29 is 13.2 Å². The van der Waals surface area contributed by atoms with Gasteiger partial charge in [0.25, 0.3) is 0 Å². The maximum absolute atomic E-state index is 12.3. The summed E-state index contributed by atoms with van der Waals surface area (Å²) in [6, 6.07) is 5.12. The Morgan fingerprint density at radius 2 is 1.93 bits per heavy atom. The van der Waals surface area contributed by atoms with Crippen LogP contribution in [-0.4, -0.2) is 0 Å². The number of hydrogen-bond donors (Lipinski definition) is 0. The molecule has 3 heteroatoms. The molecule has 1 unspecified atom stereocenters. The minimum atomic E-state index is -4.29. The standard InChI is InChI=1S/C11H10F3/c1-3-8(2)9-5-4-6-10(7-9)11(12,13)14/h3-8H,1-2H2. The maximum Gasteiger partial charge on any atom is 0.416 e. The van der Waals surface area contributed by atoms with Crippen molar-refractivity contribution in [2.24, 2.45) is 0 Å². The number of alkyl halides is 3. The average Bonchev–Trinajstić information content (AvgIpc) is 2.15. The fraction of sp³-hybridized carbons (Fsp3) is 0.182. The minimum Gasteiger partial charge on any atom is -0.166 e. The van der Waals surface area contributed by atoms with E-state index in [2.05, 4.69) is 13.5 Å². The molecule has 0 bridgehead atoms. The normalized spacial score (nSPS) is 13.7. The van der Waals surface area contributed by atoms with E-state index in [1.54, 1.807) is 6.07 Å². The van der Waals surface area contributed by atoms with Gasteiger partial charge in [-0.25, -0.2) is 0 Å². The van der Waals surface area contributed by atoms with Gasteiger partial charge in [0.05, 0.1) is 5.56 Å². The van der Waals surface area contributed by atoms with Crippen molar-refractivity contribution in [1.82, 2.24) is 0 Å². The van der Waals surface area contributed by atoms with Crippen LogP contribution >= 0.6 is 0 Å². The van der Waals surface area contributed by atoms with E-state index in [-0.39, 0.29) is 5.92 Å². The van der Waals surface area contributed by atoms with Gasteiger partial charge in [-0.05, 0) is 18.6 Å². The van der Waals surface area contributed by atoms with Gasteiger partial charge in [0.1, 0.15) is 0 Å². The van der Waals surface area contributed by atoms with Crippen LogP contribution in [0.1, 0.15) is 17.0 Å². The molecular formula is C11H10F3. The molecule has 1 radical (unpaired) electrons. The third-order valence-corrected chi connectivity index (χ3v) is 1.93.